The molecule has 0 unspecified atom stereocenters. The summed E-state index contributed by atoms with van der Waals surface area (Å²) >= 11 is 0. The molecule has 18 heavy (non-hydrogen) atoms. The van der Waals surface area contributed by atoms with E-state index in [0.717, 1.165) is 4.43 Å². The maximum atomic E-state index is 12.3. The van der Waals surface area contributed by atoms with Crippen LogP contribution in [-0.2, 0) is 0 Å². The summed E-state index contributed by atoms with van der Waals surface area (Å²) in [5.74, 6) is 0.533. The Morgan fingerprint density at radius 3 is 2.78 bits per heavy atom. The number of H-pyrrole nitrogens is 1. The summed E-state index contributed by atoms with van der Waals surface area (Å²) < 4.78 is 5.95. The molecule has 5 heteroatoms. The van der Waals surface area contributed by atoms with Gasteiger partial charge in [-0.1, -0.05) is 12.1 Å². The average Bonchev–Trinajstić information content (AvgIpc) is 2.39. The van der Waals surface area contributed by atoms with Crippen LogP contribution in [0.1, 0.15) is 0 Å². The molecule has 3 aromatic rings. The van der Waals surface area contributed by atoms with E-state index in [1.54, 1.807) is 30.3 Å². The molecule has 3 rings (SSSR count). The molecule has 90 valence electrons. The van der Waals surface area contributed by atoms with Crippen LogP contribution in [0.25, 0.3) is 22.1 Å². The van der Waals surface area contributed by atoms with E-state index >= 15 is 0 Å². The van der Waals surface area contributed by atoms with Gasteiger partial charge in [-0.05, 0) is 18.2 Å². The number of rotatable bonds is 1. The Hall–Kier alpha value is -2.56. The predicted octanol–water partition coefficient (Wildman–Crippen LogP) is 1.95. The lowest BCUT2D eigenvalue weighted by atomic mass is 10.2. The number of methoxy groups -OCH3 is 1. The summed E-state index contributed by atoms with van der Waals surface area (Å²) in [6.45, 7) is 0. The van der Waals surface area contributed by atoms with Gasteiger partial charge in [0.2, 0.25) is 0 Å². The van der Waals surface area contributed by atoms with Crippen LogP contribution in [0.5, 0.6) is 11.5 Å². The maximum Gasteiger partial charge on any atom is 0.328 e. The Labute approximate surface area is 102 Å². The van der Waals surface area contributed by atoms with Crippen molar-refractivity contribution < 1.29 is 14.3 Å². The van der Waals surface area contributed by atoms with Gasteiger partial charge in [-0.3, -0.25) is 0 Å². The number of nitrogens with zero attached hydrogens (tertiary/aromatic N) is 1. The van der Waals surface area contributed by atoms with Gasteiger partial charge in [0.25, 0.3) is 5.52 Å². The van der Waals surface area contributed by atoms with Gasteiger partial charge in [-0.15, -0.1) is 0 Å². The molecule has 0 saturated heterocycles. The summed E-state index contributed by atoms with van der Waals surface area (Å²) in [7, 11) is 1.52. The second-order valence-corrected chi connectivity index (χ2v) is 3.95. The fraction of sp³-hybridized carbons (Fsp3) is 0.0769. The zero-order valence-corrected chi connectivity index (χ0v) is 9.68. The average molecular weight is 243 g/mol. The Morgan fingerprint density at radius 2 is 2.00 bits per heavy atom. The minimum atomic E-state index is 0.0434. The molecule has 0 aliphatic heterocycles. The van der Waals surface area contributed by atoms with Crippen molar-refractivity contribution in [2.45, 2.75) is 0 Å². The number of ether oxygens (including phenoxy) is 1. The zero-order chi connectivity index (χ0) is 12.7. The van der Waals surface area contributed by atoms with Crippen LogP contribution in [0.2, 0.25) is 0 Å². The lowest BCUT2D eigenvalue weighted by molar-refractivity contribution is -0.433. The van der Waals surface area contributed by atoms with E-state index in [2.05, 4.69) is 4.98 Å². The van der Waals surface area contributed by atoms with Gasteiger partial charge in [0.1, 0.15) is 11.3 Å². The summed E-state index contributed by atoms with van der Waals surface area (Å²) in [5.41, 5.74) is 1.80. The highest BCUT2D eigenvalue weighted by atomic mass is 16.5. The van der Waals surface area contributed by atoms with Crippen molar-refractivity contribution >= 4 is 22.1 Å². The van der Waals surface area contributed by atoms with E-state index in [0.29, 0.717) is 27.8 Å². The summed E-state index contributed by atoms with van der Waals surface area (Å²) in [6.07, 6.45) is 0. The van der Waals surface area contributed by atoms with Gasteiger partial charge in [-0.2, -0.15) is 0 Å². The predicted molar refractivity (Wildman–Crippen MR) is 67.4 cm³/mol. The standard InChI is InChI=1S/C13H10N2O3/c1-18-11-7-2-4-8-13(11)15(17)9-5-3-6-10(16)12(9)14-8/h2-7H,1H3,(H-,14,16,17)/p+1. The number of aromatic hydroxyl groups is 1. The number of hydrogen-bond acceptors (Lipinski definition) is 3. The number of phenols is 1. The van der Waals surface area contributed by atoms with E-state index in [1.807, 2.05) is 0 Å². The largest absolute Gasteiger partial charge is 0.505 e. The van der Waals surface area contributed by atoms with Gasteiger partial charge in [0.05, 0.1) is 11.5 Å². The van der Waals surface area contributed by atoms with Crippen molar-refractivity contribution in [3.63, 3.8) is 0 Å². The van der Waals surface area contributed by atoms with Crippen LogP contribution in [-0.4, -0.2) is 17.2 Å². The smallest absolute Gasteiger partial charge is 0.328 e. The normalized spacial score (nSPS) is 10.9. The third-order valence-corrected chi connectivity index (χ3v) is 2.92. The molecular formula is C13H11N2O3+. The second-order valence-electron chi connectivity index (χ2n) is 3.95. The quantitative estimate of drug-likeness (QED) is 0.507. The molecule has 5 nitrogen and oxygen atoms in total. The first-order valence-corrected chi connectivity index (χ1v) is 5.45. The van der Waals surface area contributed by atoms with Crippen molar-refractivity contribution in [2.24, 2.45) is 0 Å². The first kappa shape index (κ1) is 10.6. The molecule has 1 heterocycles. The molecule has 1 aromatic heterocycles. The summed E-state index contributed by atoms with van der Waals surface area (Å²) in [4.78, 5) is 15.4. The zero-order valence-electron chi connectivity index (χ0n) is 9.68. The molecule has 0 bridgehead atoms. The van der Waals surface area contributed by atoms with Crippen LogP contribution in [0.4, 0.5) is 0 Å². The maximum absolute atomic E-state index is 12.3. The Balaban J connectivity index is 2.62. The third-order valence-electron chi connectivity index (χ3n) is 2.92. The first-order chi connectivity index (χ1) is 8.72. The first-order valence-electron chi connectivity index (χ1n) is 5.45. The van der Waals surface area contributed by atoms with Gasteiger partial charge in [-0.25, -0.2) is 0 Å². The lowest BCUT2D eigenvalue weighted by Gasteiger charge is -2.01. The number of benzene rings is 2. The second kappa shape index (κ2) is 3.73. The molecule has 0 fully saturated rings. The molecule has 0 atom stereocenters. The molecule has 0 saturated carbocycles. The van der Waals surface area contributed by atoms with Crippen LogP contribution < -0.4 is 9.16 Å². The topological polar surface area (TPSA) is 68.2 Å². The lowest BCUT2D eigenvalue weighted by Crippen LogP contribution is -2.18. The molecule has 0 amide bonds. The van der Waals surface area contributed by atoms with Crippen LogP contribution in [0.15, 0.2) is 36.4 Å². The van der Waals surface area contributed by atoms with Crippen LogP contribution in [0, 0.1) is 4.91 Å². The molecule has 2 N–H and O–H groups in total. The Kier molecular flexibility index (Phi) is 2.19. The number of nitrogens with one attached hydrogen (secondary N) is 1. The SMILES string of the molecule is COc1cccc2[nH]c3c(O)cccc3[n+](=O)c12. The fourth-order valence-electron chi connectivity index (χ4n) is 2.08. The molecule has 0 radical (unpaired) electrons. The molecule has 0 aliphatic carbocycles. The number of aromatic nitrogens is 2. The fourth-order valence-corrected chi connectivity index (χ4v) is 2.08. The van der Waals surface area contributed by atoms with E-state index < -0.39 is 0 Å². The molecule has 0 aliphatic rings. The van der Waals surface area contributed by atoms with Crippen molar-refractivity contribution in [3.8, 4) is 11.5 Å². The van der Waals surface area contributed by atoms with E-state index in [1.165, 1.54) is 13.2 Å². The minimum Gasteiger partial charge on any atom is -0.505 e. The highest BCUT2D eigenvalue weighted by molar-refractivity contribution is 5.87. The number of aromatic amines is 1. The van der Waals surface area contributed by atoms with E-state index in [4.69, 9.17) is 4.74 Å². The molecular weight excluding hydrogens is 232 g/mol. The highest BCUT2D eigenvalue weighted by Crippen LogP contribution is 2.25. The van der Waals surface area contributed by atoms with Crippen molar-refractivity contribution in [3.05, 3.63) is 41.3 Å². The van der Waals surface area contributed by atoms with Crippen molar-refractivity contribution in [2.75, 3.05) is 7.11 Å². The van der Waals surface area contributed by atoms with Gasteiger partial charge < -0.3 is 14.8 Å². The Bertz CT molecular complexity index is 808. The molecule has 0 spiro atoms. The number of para-hydroxylation sites is 2. The van der Waals surface area contributed by atoms with E-state index in [-0.39, 0.29) is 5.75 Å². The molecule has 2 aromatic carbocycles. The Morgan fingerprint density at radius 1 is 1.22 bits per heavy atom. The summed E-state index contributed by atoms with van der Waals surface area (Å²) in [5, 5.41) is 9.77. The summed E-state index contributed by atoms with van der Waals surface area (Å²) in [6, 6.07) is 10.1. The van der Waals surface area contributed by atoms with Gasteiger partial charge in [0, 0.05) is 11.0 Å². The third kappa shape index (κ3) is 1.34. The van der Waals surface area contributed by atoms with Crippen LogP contribution >= 0.6 is 0 Å². The minimum absolute atomic E-state index is 0.0434. The number of phenolic OH excluding ortho intramolecular Hbond substituents is 1. The van der Waals surface area contributed by atoms with Crippen LogP contribution in [0.3, 0.4) is 0 Å². The van der Waals surface area contributed by atoms with Gasteiger partial charge in [0.15, 0.2) is 11.3 Å². The monoisotopic (exact) mass is 243 g/mol. The van der Waals surface area contributed by atoms with Crippen molar-refractivity contribution in [1.82, 2.24) is 4.98 Å². The highest BCUT2D eigenvalue weighted by Gasteiger charge is 2.19. The van der Waals surface area contributed by atoms with Crippen molar-refractivity contribution in [1.29, 1.82) is 0 Å². The number of fused-ring (bicyclic) bond motifs is 2. The number of hydrogen-bond donors (Lipinski definition) is 2. The van der Waals surface area contributed by atoms with Gasteiger partial charge >= 0.3 is 5.52 Å². The van der Waals surface area contributed by atoms with E-state index in [9.17, 15) is 10.0 Å².